The summed E-state index contributed by atoms with van der Waals surface area (Å²) < 4.78 is 10.4. The van der Waals surface area contributed by atoms with E-state index in [1.165, 1.54) is 38.5 Å². The molecule has 3 nitrogen and oxygen atoms in total. The molecule has 0 N–H and O–H groups in total. The predicted octanol–water partition coefficient (Wildman–Crippen LogP) is 4.22. The summed E-state index contributed by atoms with van der Waals surface area (Å²) in [6, 6.07) is 0. The van der Waals surface area contributed by atoms with Crippen LogP contribution in [0.2, 0.25) is 0 Å². The highest BCUT2D eigenvalue weighted by atomic mass is 16.7. The Morgan fingerprint density at radius 3 is 2.39 bits per heavy atom. The van der Waals surface area contributed by atoms with E-state index in [1.54, 1.807) is 6.26 Å². The highest BCUT2D eigenvalue weighted by Crippen LogP contribution is 2.06. The quantitative estimate of drug-likeness (QED) is 0.202. The van der Waals surface area contributed by atoms with Crippen LogP contribution in [0, 0.1) is 0 Å². The van der Waals surface area contributed by atoms with Gasteiger partial charge in [-0.25, -0.2) is 0 Å². The van der Waals surface area contributed by atoms with Gasteiger partial charge >= 0.3 is 0 Å². The monoisotopic (exact) mass is 256 g/mol. The number of hydrogen-bond donors (Lipinski definition) is 0. The van der Waals surface area contributed by atoms with Crippen LogP contribution in [-0.2, 0) is 14.3 Å². The zero-order valence-corrected chi connectivity index (χ0v) is 11.7. The third-order valence-electron chi connectivity index (χ3n) is 2.69. The zero-order valence-electron chi connectivity index (χ0n) is 11.7. The average molecular weight is 256 g/mol. The van der Waals surface area contributed by atoms with Gasteiger partial charge < -0.3 is 14.3 Å². The first-order valence-electron chi connectivity index (χ1n) is 7.19. The van der Waals surface area contributed by atoms with Crippen molar-refractivity contribution < 1.29 is 14.3 Å². The van der Waals surface area contributed by atoms with Crippen molar-refractivity contribution in [2.24, 2.45) is 0 Å². The third-order valence-corrected chi connectivity index (χ3v) is 2.69. The molecule has 0 aromatic heterocycles. The molecule has 0 saturated heterocycles. The van der Waals surface area contributed by atoms with Crippen LogP contribution >= 0.6 is 0 Å². The number of carbonyl (C=O) groups excluding carboxylic acids is 1. The molecule has 0 heterocycles. The molecule has 0 aliphatic carbocycles. The van der Waals surface area contributed by atoms with E-state index in [9.17, 15) is 4.79 Å². The Morgan fingerprint density at radius 1 is 0.944 bits per heavy atom. The number of carbonyl (C=O) groups is 1. The Bertz CT molecular complexity index is 190. The fourth-order valence-corrected chi connectivity index (χ4v) is 1.61. The van der Waals surface area contributed by atoms with Crippen LogP contribution in [0.4, 0.5) is 0 Å². The minimum atomic E-state index is 0.313. The van der Waals surface area contributed by atoms with Gasteiger partial charge in [-0.2, -0.15) is 0 Å². The highest BCUT2D eigenvalue weighted by molar-refractivity contribution is 5.49. The van der Waals surface area contributed by atoms with Gasteiger partial charge in [0.25, 0.3) is 0 Å². The summed E-state index contributed by atoms with van der Waals surface area (Å²) in [7, 11) is 0. The van der Waals surface area contributed by atoms with E-state index in [0.29, 0.717) is 13.2 Å². The van der Waals surface area contributed by atoms with E-state index in [4.69, 9.17) is 9.47 Å². The summed E-state index contributed by atoms with van der Waals surface area (Å²) in [6.45, 7) is 3.32. The first-order chi connectivity index (χ1) is 8.91. The molecule has 0 aromatic carbocycles. The zero-order chi connectivity index (χ0) is 13.3. The van der Waals surface area contributed by atoms with E-state index in [2.05, 4.69) is 6.92 Å². The van der Waals surface area contributed by atoms with Gasteiger partial charge in [0.15, 0.2) is 6.79 Å². The molecule has 0 bridgehead atoms. The number of aldehydes is 1. The summed E-state index contributed by atoms with van der Waals surface area (Å²) in [5.41, 5.74) is 0. The van der Waals surface area contributed by atoms with Crippen LogP contribution in [0.5, 0.6) is 0 Å². The molecule has 0 amide bonds. The van der Waals surface area contributed by atoms with Gasteiger partial charge in [0.05, 0.1) is 12.9 Å². The summed E-state index contributed by atoms with van der Waals surface area (Å²) in [5, 5.41) is 0. The normalized spacial score (nSPS) is 10.9. The van der Waals surface area contributed by atoms with Crippen molar-refractivity contribution in [1.82, 2.24) is 0 Å². The maximum absolute atomic E-state index is 10.0. The molecule has 3 heteroatoms. The Kier molecular flexibility index (Phi) is 15.4. The van der Waals surface area contributed by atoms with Gasteiger partial charge in [-0.3, -0.25) is 0 Å². The first kappa shape index (κ1) is 17.2. The maximum atomic E-state index is 10.0. The van der Waals surface area contributed by atoms with Crippen molar-refractivity contribution >= 4 is 6.29 Å². The van der Waals surface area contributed by atoms with Crippen molar-refractivity contribution in [2.45, 2.75) is 64.7 Å². The lowest BCUT2D eigenvalue weighted by Crippen LogP contribution is -1.98. The molecule has 18 heavy (non-hydrogen) atoms. The molecule has 0 aliphatic rings. The molecule has 0 radical (unpaired) electrons. The maximum Gasteiger partial charge on any atom is 0.188 e. The number of hydrogen-bond acceptors (Lipinski definition) is 3. The molecule has 0 atom stereocenters. The fourth-order valence-electron chi connectivity index (χ4n) is 1.61. The molecular weight excluding hydrogens is 228 g/mol. The van der Waals surface area contributed by atoms with Crippen LogP contribution in [0.15, 0.2) is 12.3 Å². The van der Waals surface area contributed by atoms with Crippen molar-refractivity contribution in [1.29, 1.82) is 0 Å². The predicted molar refractivity (Wildman–Crippen MR) is 74.3 cm³/mol. The standard InChI is InChI=1S/C15H28O3/c1-2-3-4-5-6-7-10-13-17-15-18-14-11-8-9-12-16/h11-12,14H,2-10,13,15H2,1H3. The van der Waals surface area contributed by atoms with Crippen molar-refractivity contribution in [3.8, 4) is 0 Å². The van der Waals surface area contributed by atoms with E-state index in [0.717, 1.165) is 25.7 Å². The fraction of sp³-hybridized carbons (Fsp3) is 0.800. The summed E-state index contributed by atoms with van der Waals surface area (Å²) in [5.74, 6) is 0. The van der Waals surface area contributed by atoms with E-state index >= 15 is 0 Å². The van der Waals surface area contributed by atoms with E-state index in [1.807, 2.05) is 6.08 Å². The first-order valence-corrected chi connectivity index (χ1v) is 7.19. The molecule has 0 saturated carbocycles. The second kappa shape index (κ2) is 16.2. The van der Waals surface area contributed by atoms with Crippen molar-refractivity contribution in [2.75, 3.05) is 13.4 Å². The largest absolute Gasteiger partial charge is 0.475 e. The van der Waals surface area contributed by atoms with Crippen molar-refractivity contribution in [3.63, 3.8) is 0 Å². The molecule has 0 rings (SSSR count). The second-order valence-corrected chi connectivity index (χ2v) is 4.43. The van der Waals surface area contributed by atoms with Crippen LogP contribution in [-0.4, -0.2) is 19.7 Å². The minimum absolute atomic E-state index is 0.313. The lowest BCUT2D eigenvalue weighted by atomic mass is 10.1. The molecule has 106 valence electrons. The molecule has 0 unspecified atom stereocenters. The second-order valence-electron chi connectivity index (χ2n) is 4.43. The Hall–Kier alpha value is -0.830. The van der Waals surface area contributed by atoms with Crippen LogP contribution < -0.4 is 0 Å². The minimum Gasteiger partial charge on any atom is -0.475 e. The summed E-state index contributed by atoms with van der Waals surface area (Å²) in [4.78, 5) is 10.0. The SMILES string of the molecule is CCCCCCCCCOCOC=CCCC=O. The third kappa shape index (κ3) is 15.2. The number of allylic oxidation sites excluding steroid dienone is 1. The van der Waals surface area contributed by atoms with Gasteiger partial charge in [-0.1, -0.05) is 45.4 Å². The molecule has 0 aliphatic heterocycles. The lowest BCUT2D eigenvalue weighted by Gasteiger charge is -2.03. The van der Waals surface area contributed by atoms with Gasteiger partial charge in [0.2, 0.25) is 0 Å². The van der Waals surface area contributed by atoms with Crippen LogP contribution in [0.1, 0.15) is 64.7 Å². The Morgan fingerprint density at radius 2 is 1.67 bits per heavy atom. The van der Waals surface area contributed by atoms with Gasteiger partial charge in [-0.15, -0.1) is 0 Å². The van der Waals surface area contributed by atoms with Gasteiger partial charge in [0.1, 0.15) is 6.29 Å². The Labute approximate surface area is 112 Å². The molecular formula is C15H28O3. The molecule has 0 aromatic rings. The lowest BCUT2D eigenvalue weighted by molar-refractivity contribution is -0.107. The van der Waals surface area contributed by atoms with Crippen LogP contribution in [0.25, 0.3) is 0 Å². The number of unbranched alkanes of at least 4 members (excludes halogenated alkanes) is 7. The van der Waals surface area contributed by atoms with Crippen LogP contribution in [0.3, 0.4) is 0 Å². The van der Waals surface area contributed by atoms with Gasteiger partial charge in [-0.05, 0) is 18.9 Å². The number of rotatable bonds is 14. The number of ether oxygens (including phenoxy) is 2. The Balaban J connectivity index is 2.98. The van der Waals surface area contributed by atoms with Gasteiger partial charge in [0, 0.05) is 6.42 Å². The molecule has 0 spiro atoms. The smallest absolute Gasteiger partial charge is 0.188 e. The highest BCUT2D eigenvalue weighted by Gasteiger charge is 1.91. The van der Waals surface area contributed by atoms with E-state index in [-0.39, 0.29) is 0 Å². The summed E-state index contributed by atoms with van der Waals surface area (Å²) >= 11 is 0. The topological polar surface area (TPSA) is 35.5 Å². The average Bonchev–Trinajstić information content (AvgIpc) is 2.39. The molecule has 0 fully saturated rings. The van der Waals surface area contributed by atoms with E-state index < -0.39 is 0 Å². The van der Waals surface area contributed by atoms with Crippen molar-refractivity contribution in [3.05, 3.63) is 12.3 Å². The summed E-state index contributed by atoms with van der Waals surface area (Å²) in [6.07, 6.45) is 14.7.